The molecule has 0 aliphatic heterocycles. The summed E-state index contributed by atoms with van der Waals surface area (Å²) < 4.78 is 43.2. The van der Waals surface area contributed by atoms with Gasteiger partial charge in [-0.3, -0.25) is 19.2 Å². The van der Waals surface area contributed by atoms with Crippen LogP contribution in [0.5, 0.6) is 0 Å². The van der Waals surface area contributed by atoms with Crippen molar-refractivity contribution >= 4 is 46.5 Å². The van der Waals surface area contributed by atoms with Crippen molar-refractivity contribution in [2.75, 3.05) is 17.2 Å². The van der Waals surface area contributed by atoms with Gasteiger partial charge in [0.1, 0.15) is 0 Å². The second kappa shape index (κ2) is 11.5. The first-order chi connectivity index (χ1) is 15.5. The predicted octanol–water partition coefficient (Wildman–Crippen LogP) is 4.85. The fraction of sp³-hybridized carbons (Fsp3) is 0.273. The lowest BCUT2D eigenvalue weighted by atomic mass is 10.1. The fourth-order valence-corrected chi connectivity index (χ4v) is 2.77. The van der Waals surface area contributed by atoms with E-state index in [0.717, 1.165) is 18.2 Å². The van der Waals surface area contributed by atoms with Crippen molar-refractivity contribution in [3.05, 3.63) is 58.6 Å². The van der Waals surface area contributed by atoms with Crippen LogP contribution in [0.4, 0.5) is 24.5 Å². The van der Waals surface area contributed by atoms with Gasteiger partial charge in [-0.25, -0.2) is 0 Å². The number of carbonyl (C=O) groups excluding carboxylic acids is 4. The van der Waals surface area contributed by atoms with Crippen LogP contribution in [0.2, 0.25) is 5.02 Å². The normalized spacial score (nSPS) is 10.9. The van der Waals surface area contributed by atoms with E-state index in [4.69, 9.17) is 16.3 Å². The van der Waals surface area contributed by atoms with Gasteiger partial charge in [0.05, 0.1) is 16.3 Å². The van der Waals surface area contributed by atoms with E-state index in [1.807, 2.05) is 0 Å². The summed E-state index contributed by atoms with van der Waals surface area (Å²) >= 11 is 5.82. The monoisotopic (exact) mass is 484 g/mol. The van der Waals surface area contributed by atoms with E-state index in [1.54, 1.807) is 12.1 Å². The van der Waals surface area contributed by atoms with Crippen LogP contribution in [0.3, 0.4) is 0 Å². The van der Waals surface area contributed by atoms with Crippen molar-refractivity contribution in [1.82, 2.24) is 0 Å². The number of alkyl halides is 3. The fourth-order valence-electron chi connectivity index (χ4n) is 2.61. The molecule has 0 saturated carbocycles. The smallest absolute Gasteiger partial charge is 0.416 e. The molecular weight excluding hydrogens is 465 g/mol. The van der Waals surface area contributed by atoms with E-state index >= 15 is 0 Å². The summed E-state index contributed by atoms with van der Waals surface area (Å²) in [5, 5.41) is 4.72. The van der Waals surface area contributed by atoms with Crippen LogP contribution < -0.4 is 10.6 Å². The molecule has 2 rings (SSSR count). The number of hydrogen-bond donors (Lipinski definition) is 2. The summed E-state index contributed by atoms with van der Waals surface area (Å²) in [7, 11) is 0. The van der Waals surface area contributed by atoms with Gasteiger partial charge in [-0.15, -0.1) is 0 Å². The first-order valence-corrected chi connectivity index (χ1v) is 10.1. The predicted molar refractivity (Wildman–Crippen MR) is 115 cm³/mol. The molecule has 2 amide bonds. The SMILES string of the molecule is CC(=O)c1ccc(NC(=O)COC(=O)CCCC(=O)Nc2cc(C(F)(F)F)ccc2Cl)cc1. The number of ether oxygens (including phenoxy) is 1. The Morgan fingerprint density at radius 1 is 0.939 bits per heavy atom. The van der Waals surface area contributed by atoms with E-state index in [9.17, 15) is 32.3 Å². The number of Topliss-reactive ketones (excluding diaryl/α,β-unsaturated/α-hetero) is 1. The Balaban J connectivity index is 1.72. The Morgan fingerprint density at radius 2 is 1.61 bits per heavy atom. The lowest BCUT2D eigenvalue weighted by Crippen LogP contribution is -2.21. The van der Waals surface area contributed by atoms with Gasteiger partial charge in [0.15, 0.2) is 12.4 Å². The van der Waals surface area contributed by atoms with Gasteiger partial charge in [-0.05, 0) is 55.8 Å². The van der Waals surface area contributed by atoms with Crippen molar-refractivity contribution in [3.63, 3.8) is 0 Å². The van der Waals surface area contributed by atoms with E-state index in [0.29, 0.717) is 11.3 Å². The van der Waals surface area contributed by atoms with Gasteiger partial charge in [0, 0.05) is 24.1 Å². The van der Waals surface area contributed by atoms with Crippen molar-refractivity contribution in [2.24, 2.45) is 0 Å². The summed E-state index contributed by atoms with van der Waals surface area (Å²) in [5.41, 5.74) is -0.240. The highest BCUT2D eigenvalue weighted by Gasteiger charge is 2.31. The van der Waals surface area contributed by atoms with Crippen LogP contribution in [0.15, 0.2) is 42.5 Å². The zero-order valence-corrected chi connectivity index (χ0v) is 18.2. The standard InChI is InChI=1S/C22H20ClF3N2O5/c1-13(29)14-5-8-16(9-6-14)27-20(31)12-33-21(32)4-2-3-19(30)28-18-11-15(22(24,25)26)7-10-17(18)23/h5-11H,2-4,12H2,1H3,(H,27,31)(H,28,30). The number of amides is 2. The number of nitrogens with one attached hydrogen (secondary N) is 2. The molecule has 0 radical (unpaired) electrons. The van der Waals surface area contributed by atoms with Crippen LogP contribution in [0, 0.1) is 0 Å². The number of anilines is 2. The lowest BCUT2D eigenvalue weighted by molar-refractivity contribution is -0.147. The van der Waals surface area contributed by atoms with Gasteiger partial charge in [-0.2, -0.15) is 13.2 Å². The molecule has 0 bridgehead atoms. The molecule has 7 nitrogen and oxygen atoms in total. The minimum atomic E-state index is -4.59. The van der Waals surface area contributed by atoms with Crippen molar-refractivity contribution in [3.8, 4) is 0 Å². The molecule has 11 heteroatoms. The maximum absolute atomic E-state index is 12.8. The molecule has 2 aromatic rings. The third-order valence-corrected chi connectivity index (χ3v) is 4.62. The summed E-state index contributed by atoms with van der Waals surface area (Å²) in [5.74, 6) is -2.05. The Labute approximate surface area is 192 Å². The summed E-state index contributed by atoms with van der Waals surface area (Å²) in [6.07, 6.45) is -4.88. The average molecular weight is 485 g/mol. The van der Waals surface area contributed by atoms with Gasteiger partial charge in [0.2, 0.25) is 5.91 Å². The lowest BCUT2D eigenvalue weighted by Gasteiger charge is -2.11. The molecule has 0 heterocycles. The van der Waals surface area contributed by atoms with Crippen molar-refractivity contribution in [2.45, 2.75) is 32.4 Å². The Kier molecular flexibility index (Phi) is 8.98. The second-order valence-electron chi connectivity index (χ2n) is 6.94. The molecular formula is C22H20ClF3N2O5. The highest BCUT2D eigenvalue weighted by Crippen LogP contribution is 2.33. The Bertz CT molecular complexity index is 1040. The number of carbonyl (C=O) groups is 4. The second-order valence-corrected chi connectivity index (χ2v) is 7.34. The third kappa shape index (κ3) is 8.57. The van der Waals surface area contributed by atoms with Crippen LogP contribution in [0.25, 0.3) is 0 Å². The summed E-state index contributed by atoms with van der Waals surface area (Å²) in [6, 6.07) is 8.70. The molecule has 0 spiro atoms. The molecule has 0 fully saturated rings. The molecule has 0 aliphatic carbocycles. The van der Waals surface area contributed by atoms with Gasteiger partial charge >= 0.3 is 12.1 Å². The minimum absolute atomic E-state index is 0.0510. The quantitative estimate of drug-likeness (QED) is 0.391. The average Bonchev–Trinajstić information content (AvgIpc) is 2.73. The molecule has 2 aromatic carbocycles. The van der Waals surface area contributed by atoms with E-state index in [1.165, 1.54) is 19.1 Å². The molecule has 0 saturated heterocycles. The molecule has 0 aliphatic rings. The Hall–Kier alpha value is -3.40. The third-order valence-electron chi connectivity index (χ3n) is 4.29. The van der Waals surface area contributed by atoms with Gasteiger partial charge in [0.25, 0.3) is 5.91 Å². The zero-order valence-electron chi connectivity index (χ0n) is 17.4. The number of rotatable bonds is 9. The summed E-state index contributed by atoms with van der Waals surface area (Å²) in [4.78, 5) is 46.8. The molecule has 0 aromatic heterocycles. The maximum atomic E-state index is 12.8. The Morgan fingerprint density at radius 3 is 2.21 bits per heavy atom. The van der Waals surface area contributed by atoms with E-state index in [-0.39, 0.29) is 35.8 Å². The largest absolute Gasteiger partial charge is 0.456 e. The van der Waals surface area contributed by atoms with Crippen molar-refractivity contribution < 1.29 is 37.1 Å². The molecule has 0 unspecified atom stereocenters. The van der Waals surface area contributed by atoms with Crippen molar-refractivity contribution in [1.29, 1.82) is 0 Å². The molecule has 0 atom stereocenters. The van der Waals surface area contributed by atoms with Crippen LogP contribution in [0.1, 0.15) is 42.1 Å². The molecule has 33 heavy (non-hydrogen) atoms. The first-order valence-electron chi connectivity index (χ1n) is 9.69. The number of benzene rings is 2. The van der Waals surface area contributed by atoms with E-state index < -0.39 is 36.1 Å². The highest BCUT2D eigenvalue weighted by atomic mass is 35.5. The summed E-state index contributed by atoms with van der Waals surface area (Å²) in [6.45, 7) is 0.872. The number of hydrogen-bond acceptors (Lipinski definition) is 5. The number of esters is 1. The van der Waals surface area contributed by atoms with Crippen LogP contribution in [-0.4, -0.2) is 30.2 Å². The minimum Gasteiger partial charge on any atom is -0.456 e. The molecule has 176 valence electrons. The topological polar surface area (TPSA) is 102 Å². The highest BCUT2D eigenvalue weighted by molar-refractivity contribution is 6.33. The molecule has 2 N–H and O–H groups in total. The van der Waals surface area contributed by atoms with Gasteiger partial charge < -0.3 is 15.4 Å². The maximum Gasteiger partial charge on any atom is 0.416 e. The first kappa shape index (κ1) is 25.9. The zero-order chi connectivity index (χ0) is 24.6. The number of ketones is 1. The van der Waals surface area contributed by atoms with Gasteiger partial charge in [-0.1, -0.05) is 11.6 Å². The number of halogens is 4. The van der Waals surface area contributed by atoms with Crippen LogP contribution in [-0.2, 0) is 25.3 Å². The van der Waals surface area contributed by atoms with Crippen LogP contribution >= 0.6 is 11.6 Å². The van der Waals surface area contributed by atoms with E-state index in [2.05, 4.69) is 10.6 Å².